The number of amides is 1. The van der Waals surface area contributed by atoms with Crippen LogP contribution in [0.5, 0.6) is 5.75 Å². The first-order valence-corrected chi connectivity index (χ1v) is 11.9. The van der Waals surface area contributed by atoms with Crippen LogP contribution in [0.15, 0.2) is 39.9 Å². The molecule has 1 aromatic rings. The summed E-state index contributed by atoms with van der Waals surface area (Å²) in [6.07, 6.45) is 8.28. The Kier molecular flexibility index (Phi) is 5.30. The number of nitrogens with zero attached hydrogens (tertiary/aromatic N) is 3. The van der Waals surface area contributed by atoms with E-state index in [0.717, 1.165) is 24.1 Å². The van der Waals surface area contributed by atoms with E-state index < -0.39 is 16.0 Å². The molecular weight excluding hydrogens is 412 g/mol. The number of amidine groups is 2. The van der Waals surface area contributed by atoms with Crippen LogP contribution in [-0.4, -0.2) is 41.6 Å². The Bertz CT molecular complexity index is 1050. The van der Waals surface area contributed by atoms with Crippen LogP contribution in [-0.2, 0) is 14.9 Å². The number of nitrogens with one attached hydrogen (secondary N) is 1. The lowest BCUT2D eigenvalue weighted by atomic mass is 9.90. The number of carbonyl (C=O) groups is 1. The monoisotopic (exact) mass is 432 g/mol. The zero-order valence-corrected chi connectivity index (χ0v) is 17.4. The number of hydrogen-bond donors (Lipinski definition) is 1. The van der Waals surface area contributed by atoms with Crippen molar-refractivity contribution in [3.8, 4) is 5.75 Å². The zero-order valence-electron chi connectivity index (χ0n) is 15.8. The highest BCUT2D eigenvalue weighted by Crippen LogP contribution is 2.36. The van der Waals surface area contributed by atoms with Crippen LogP contribution < -0.4 is 4.18 Å². The fourth-order valence-corrected chi connectivity index (χ4v) is 5.00. The summed E-state index contributed by atoms with van der Waals surface area (Å²) in [5.74, 6) is 0.0671. The maximum atomic E-state index is 12.5. The van der Waals surface area contributed by atoms with Crippen molar-refractivity contribution in [3.05, 3.63) is 35.4 Å². The van der Waals surface area contributed by atoms with Gasteiger partial charge in [0.15, 0.2) is 5.84 Å². The summed E-state index contributed by atoms with van der Waals surface area (Å²) < 4.78 is 27.2. The first kappa shape index (κ1) is 19.8. The smallest absolute Gasteiger partial charge is 0.306 e. The van der Waals surface area contributed by atoms with Crippen LogP contribution in [0.2, 0.25) is 0 Å². The van der Waals surface area contributed by atoms with Crippen molar-refractivity contribution < 1.29 is 17.4 Å². The molecule has 8 nitrogen and oxygen atoms in total. The van der Waals surface area contributed by atoms with Crippen LogP contribution in [0.1, 0.15) is 37.7 Å². The van der Waals surface area contributed by atoms with E-state index in [2.05, 4.69) is 10.1 Å². The molecule has 0 radical (unpaired) electrons. The molecule has 152 valence electrons. The second-order valence-electron chi connectivity index (χ2n) is 7.15. The average molecular weight is 433 g/mol. The summed E-state index contributed by atoms with van der Waals surface area (Å²) in [6.45, 7) is 0. The Morgan fingerprint density at radius 2 is 1.90 bits per heavy atom. The molecule has 0 unspecified atom stereocenters. The molecule has 0 saturated heterocycles. The van der Waals surface area contributed by atoms with Crippen molar-refractivity contribution in [2.24, 2.45) is 16.0 Å². The van der Waals surface area contributed by atoms with Crippen LogP contribution in [0, 0.1) is 11.3 Å². The third-order valence-electron chi connectivity index (χ3n) is 4.86. The third kappa shape index (κ3) is 4.43. The minimum absolute atomic E-state index is 0.00484. The summed E-state index contributed by atoms with van der Waals surface area (Å²) in [4.78, 5) is 16.6. The van der Waals surface area contributed by atoms with Gasteiger partial charge in [0.05, 0.1) is 11.8 Å². The van der Waals surface area contributed by atoms with E-state index in [4.69, 9.17) is 9.59 Å². The molecule has 10 heteroatoms. The van der Waals surface area contributed by atoms with E-state index in [1.807, 2.05) is 0 Å². The molecule has 3 aliphatic rings. The number of aliphatic imine (C=N–C) groups is 1. The van der Waals surface area contributed by atoms with Gasteiger partial charge in [0, 0.05) is 5.92 Å². The number of rotatable bonds is 4. The first-order valence-electron chi connectivity index (χ1n) is 9.30. The second kappa shape index (κ2) is 7.75. The molecule has 2 heterocycles. The molecule has 2 aliphatic heterocycles. The van der Waals surface area contributed by atoms with Gasteiger partial charge in [0.2, 0.25) is 5.17 Å². The molecule has 0 atom stereocenters. The lowest BCUT2D eigenvalue weighted by Crippen LogP contribution is -2.35. The largest absolute Gasteiger partial charge is 0.383 e. The highest BCUT2D eigenvalue weighted by molar-refractivity contribution is 8.27. The summed E-state index contributed by atoms with van der Waals surface area (Å²) in [5, 5.41) is 15.8. The maximum absolute atomic E-state index is 12.5. The minimum Gasteiger partial charge on any atom is -0.383 e. The van der Waals surface area contributed by atoms with Gasteiger partial charge in [-0.1, -0.05) is 31.4 Å². The van der Waals surface area contributed by atoms with E-state index in [0.29, 0.717) is 16.6 Å². The number of carbonyl (C=O) groups excluding carboxylic acids is 1. The van der Waals surface area contributed by atoms with Gasteiger partial charge in [-0.05, 0) is 48.4 Å². The molecule has 1 fully saturated rings. The molecule has 0 spiro atoms. The van der Waals surface area contributed by atoms with Crippen molar-refractivity contribution in [1.29, 1.82) is 5.41 Å². The molecule has 4 rings (SSSR count). The van der Waals surface area contributed by atoms with E-state index in [1.54, 1.807) is 18.2 Å². The Morgan fingerprint density at radius 3 is 2.55 bits per heavy atom. The number of thioether (sulfide) groups is 1. The van der Waals surface area contributed by atoms with Crippen molar-refractivity contribution in [2.75, 3.05) is 6.26 Å². The SMILES string of the molecule is CS(=O)(=O)Oc1ccc(/C=C2/C(=N)N3N=C(C4CCCCC4)SC3=NC2=O)cc1. The molecule has 1 saturated carbocycles. The lowest BCUT2D eigenvalue weighted by Gasteiger charge is -2.20. The standard InChI is InChI=1S/C19H20N4O4S2/c1-29(25,26)27-14-9-7-12(8-10-14)11-15-16(20)23-19(21-17(15)24)28-18(22-23)13-5-3-2-4-6-13/h7-11,13,20H,2-6H2,1H3/b15-11-,20-16?. The van der Waals surface area contributed by atoms with Crippen molar-refractivity contribution in [3.63, 3.8) is 0 Å². The van der Waals surface area contributed by atoms with E-state index in [1.165, 1.54) is 48.2 Å². The van der Waals surface area contributed by atoms with Gasteiger partial charge in [0.1, 0.15) is 10.8 Å². The van der Waals surface area contributed by atoms with Crippen molar-refractivity contribution in [2.45, 2.75) is 32.1 Å². The Morgan fingerprint density at radius 1 is 1.21 bits per heavy atom. The summed E-state index contributed by atoms with van der Waals surface area (Å²) in [7, 11) is -3.60. The van der Waals surface area contributed by atoms with E-state index in [9.17, 15) is 13.2 Å². The fraction of sp³-hybridized carbons (Fsp3) is 0.368. The van der Waals surface area contributed by atoms with Gasteiger partial charge in [-0.25, -0.2) is 0 Å². The van der Waals surface area contributed by atoms with Crippen LogP contribution in [0.3, 0.4) is 0 Å². The quantitative estimate of drug-likeness (QED) is 0.577. The van der Waals surface area contributed by atoms with Crippen molar-refractivity contribution in [1.82, 2.24) is 5.01 Å². The number of hydrogen-bond acceptors (Lipinski definition) is 7. The second-order valence-corrected chi connectivity index (χ2v) is 9.71. The van der Waals surface area contributed by atoms with E-state index >= 15 is 0 Å². The average Bonchev–Trinajstić information content (AvgIpc) is 3.10. The predicted octanol–water partition coefficient (Wildman–Crippen LogP) is 3.22. The Labute approximate surface area is 173 Å². The first-order chi connectivity index (χ1) is 13.8. The highest BCUT2D eigenvalue weighted by atomic mass is 32.2. The normalized spacial score (nSPS) is 21.8. The summed E-state index contributed by atoms with van der Waals surface area (Å²) >= 11 is 1.39. The van der Waals surface area contributed by atoms with Crippen LogP contribution >= 0.6 is 11.8 Å². The van der Waals surface area contributed by atoms with Gasteiger partial charge >= 0.3 is 10.1 Å². The maximum Gasteiger partial charge on any atom is 0.306 e. The molecular formula is C19H20N4O4S2. The Hall–Kier alpha value is -2.46. The van der Waals surface area contributed by atoms with E-state index in [-0.39, 0.29) is 17.2 Å². The fourth-order valence-electron chi connectivity index (χ4n) is 3.48. The zero-order chi connectivity index (χ0) is 20.6. The molecule has 0 bridgehead atoms. The lowest BCUT2D eigenvalue weighted by molar-refractivity contribution is -0.114. The topological polar surface area (TPSA) is 112 Å². The highest BCUT2D eigenvalue weighted by Gasteiger charge is 2.37. The molecule has 1 N–H and O–H groups in total. The van der Waals surface area contributed by atoms with Crippen molar-refractivity contribution >= 4 is 49.9 Å². The molecule has 1 amide bonds. The number of fused-ring (bicyclic) bond motifs is 1. The molecule has 1 aromatic carbocycles. The van der Waals surface area contributed by atoms with Gasteiger partial charge in [-0.2, -0.15) is 23.5 Å². The number of hydrazone groups is 1. The summed E-state index contributed by atoms with van der Waals surface area (Å²) in [6, 6.07) is 6.21. The number of benzene rings is 1. The van der Waals surface area contributed by atoms with Gasteiger partial charge in [0.25, 0.3) is 5.91 Å². The van der Waals surface area contributed by atoms with Gasteiger partial charge < -0.3 is 4.18 Å². The minimum atomic E-state index is -3.60. The van der Waals surface area contributed by atoms with Gasteiger partial charge in [-0.3, -0.25) is 10.2 Å². The summed E-state index contributed by atoms with van der Waals surface area (Å²) in [5.41, 5.74) is 0.765. The molecule has 1 aliphatic carbocycles. The third-order valence-corrected chi connectivity index (χ3v) is 6.43. The molecule has 29 heavy (non-hydrogen) atoms. The van der Waals surface area contributed by atoms with Crippen LogP contribution in [0.25, 0.3) is 6.08 Å². The predicted molar refractivity (Wildman–Crippen MR) is 113 cm³/mol. The van der Waals surface area contributed by atoms with Crippen LogP contribution in [0.4, 0.5) is 0 Å². The Balaban J connectivity index is 1.56. The van der Waals surface area contributed by atoms with Gasteiger partial charge in [-0.15, -0.1) is 0 Å². The molecule has 0 aromatic heterocycles.